The van der Waals surface area contributed by atoms with Crippen LogP contribution in [0.3, 0.4) is 0 Å². The second-order valence-corrected chi connectivity index (χ2v) is 5.97. The lowest BCUT2D eigenvalue weighted by molar-refractivity contribution is 0.193. The van der Waals surface area contributed by atoms with Crippen molar-refractivity contribution >= 4 is 5.82 Å². The third kappa shape index (κ3) is 3.48. The van der Waals surface area contributed by atoms with E-state index in [1.165, 1.54) is 0 Å². The maximum atomic E-state index is 5.44. The third-order valence-electron chi connectivity index (χ3n) is 4.19. The number of rotatable bonds is 5. The highest BCUT2D eigenvalue weighted by Crippen LogP contribution is 2.25. The van der Waals surface area contributed by atoms with E-state index < -0.39 is 0 Å². The van der Waals surface area contributed by atoms with Crippen molar-refractivity contribution in [3.63, 3.8) is 0 Å². The van der Waals surface area contributed by atoms with Gasteiger partial charge in [0.25, 0.3) is 0 Å². The van der Waals surface area contributed by atoms with Gasteiger partial charge in [-0.25, -0.2) is 9.97 Å². The van der Waals surface area contributed by atoms with E-state index in [9.17, 15) is 0 Å². The largest absolute Gasteiger partial charge is 0.381 e. The highest BCUT2D eigenvalue weighted by molar-refractivity contribution is 5.52. The maximum Gasteiger partial charge on any atom is 0.246 e. The first-order valence-electron chi connectivity index (χ1n) is 8.13. The van der Waals surface area contributed by atoms with Crippen LogP contribution in [-0.2, 0) is 11.3 Å². The first-order chi connectivity index (χ1) is 12.3. The van der Waals surface area contributed by atoms with E-state index in [1.54, 1.807) is 18.7 Å². The summed E-state index contributed by atoms with van der Waals surface area (Å²) in [6.45, 7) is 1.98. The highest BCUT2D eigenvalue weighted by Gasteiger charge is 2.20. The molecule has 0 saturated carbocycles. The van der Waals surface area contributed by atoms with Gasteiger partial charge in [-0.2, -0.15) is 4.98 Å². The molecule has 0 bridgehead atoms. The van der Waals surface area contributed by atoms with Crippen LogP contribution in [0.25, 0.3) is 11.4 Å². The molecule has 0 aliphatic carbocycles. The Labute approximate surface area is 144 Å². The SMILES string of the molecule is CN(Cc1nc(-c2ccncc2)no1)c1cc(C2CCOC2)ncn1. The first kappa shape index (κ1) is 15.6. The quantitative estimate of drug-likeness (QED) is 0.698. The molecule has 0 spiro atoms. The van der Waals surface area contributed by atoms with Crippen LogP contribution >= 0.6 is 0 Å². The molecule has 1 saturated heterocycles. The summed E-state index contributed by atoms with van der Waals surface area (Å²) in [5.74, 6) is 2.24. The second-order valence-electron chi connectivity index (χ2n) is 5.97. The highest BCUT2D eigenvalue weighted by atomic mass is 16.5. The second kappa shape index (κ2) is 6.94. The molecule has 0 N–H and O–H groups in total. The Kier molecular flexibility index (Phi) is 4.34. The predicted molar refractivity (Wildman–Crippen MR) is 89.8 cm³/mol. The molecule has 128 valence electrons. The summed E-state index contributed by atoms with van der Waals surface area (Å²) in [7, 11) is 1.94. The van der Waals surface area contributed by atoms with Crippen LogP contribution in [0.5, 0.6) is 0 Å². The molecule has 1 fully saturated rings. The monoisotopic (exact) mass is 338 g/mol. The molecule has 3 aromatic rings. The van der Waals surface area contributed by atoms with Crippen molar-refractivity contribution < 1.29 is 9.26 Å². The molecular formula is C17H18N6O2. The van der Waals surface area contributed by atoms with Crippen molar-refractivity contribution in [3.05, 3.63) is 48.5 Å². The van der Waals surface area contributed by atoms with E-state index in [-0.39, 0.29) is 0 Å². The first-order valence-corrected chi connectivity index (χ1v) is 8.13. The zero-order valence-electron chi connectivity index (χ0n) is 13.9. The molecule has 0 radical (unpaired) electrons. The minimum atomic E-state index is 0.344. The van der Waals surface area contributed by atoms with Crippen molar-refractivity contribution in [2.24, 2.45) is 0 Å². The van der Waals surface area contributed by atoms with Crippen LogP contribution in [0.1, 0.15) is 23.9 Å². The van der Waals surface area contributed by atoms with Crippen molar-refractivity contribution in [1.29, 1.82) is 0 Å². The van der Waals surface area contributed by atoms with E-state index >= 15 is 0 Å². The number of anilines is 1. The Bertz CT molecular complexity index is 832. The molecule has 1 atom stereocenters. The Hall–Kier alpha value is -2.87. The van der Waals surface area contributed by atoms with Gasteiger partial charge in [0.1, 0.15) is 12.1 Å². The Morgan fingerprint density at radius 1 is 1.24 bits per heavy atom. The molecular weight excluding hydrogens is 320 g/mol. The van der Waals surface area contributed by atoms with Gasteiger partial charge >= 0.3 is 0 Å². The minimum Gasteiger partial charge on any atom is -0.381 e. The number of aromatic nitrogens is 5. The fourth-order valence-electron chi connectivity index (χ4n) is 2.78. The van der Waals surface area contributed by atoms with Gasteiger partial charge in [-0.1, -0.05) is 5.16 Å². The van der Waals surface area contributed by atoms with Gasteiger partial charge in [-0.15, -0.1) is 0 Å². The standard InChI is InChI=1S/C17H18N6O2/c1-23(15-8-14(19-11-20-15)13-4-7-24-10-13)9-16-21-17(22-25-16)12-2-5-18-6-3-12/h2-3,5-6,8,11,13H,4,7,9-10H2,1H3. The lowest BCUT2D eigenvalue weighted by atomic mass is 10.0. The van der Waals surface area contributed by atoms with Crippen molar-refractivity contribution in [3.8, 4) is 11.4 Å². The molecule has 1 unspecified atom stereocenters. The summed E-state index contributed by atoms with van der Waals surface area (Å²) < 4.78 is 10.8. The third-order valence-corrected chi connectivity index (χ3v) is 4.19. The number of hydrogen-bond donors (Lipinski definition) is 0. The molecule has 3 aromatic heterocycles. The van der Waals surface area contributed by atoms with Crippen molar-refractivity contribution in [2.75, 3.05) is 25.2 Å². The Morgan fingerprint density at radius 2 is 2.12 bits per heavy atom. The van der Waals surface area contributed by atoms with Gasteiger partial charge in [0.2, 0.25) is 11.7 Å². The molecule has 4 heterocycles. The molecule has 1 aliphatic heterocycles. The zero-order chi connectivity index (χ0) is 17.1. The van der Waals surface area contributed by atoms with Gasteiger partial charge in [-0.3, -0.25) is 4.98 Å². The average Bonchev–Trinajstić information content (AvgIpc) is 3.35. The van der Waals surface area contributed by atoms with E-state index in [0.717, 1.165) is 36.7 Å². The van der Waals surface area contributed by atoms with Crippen LogP contribution in [0.15, 0.2) is 41.4 Å². The summed E-state index contributed by atoms with van der Waals surface area (Å²) >= 11 is 0. The van der Waals surface area contributed by atoms with Crippen LogP contribution in [-0.4, -0.2) is 45.4 Å². The molecule has 4 rings (SSSR count). The summed E-state index contributed by atoms with van der Waals surface area (Å²) in [6, 6.07) is 5.69. The zero-order valence-corrected chi connectivity index (χ0v) is 13.9. The Morgan fingerprint density at radius 3 is 2.92 bits per heavy atom. The summed E-state index contributed by atoms with van der Waals surface area (Å²) in [4.78, 5) is 19.1. The molecule has 1 aliphatic rings. The lowest BCUT2D eigenvalue weighted by Crippen LogP contribution is -2.18. The smallest absolute Gasteiger partial charge is 0.246 e. The van der Waals surface area contributed by atoms with Crippen LogP contribution < -0.4 is 4.90 Å². The maximum absolute atomic E-state index is 5.44. The lowest BCUT2D eigenvalue weighted by Gasteiger charge is -2.17. The number of ether oxygens (including phenoxy) is 1. The van der Waals surface area contributed by atoms with Crippen LogP contribution in [0.2, 0.25) is 0 Å². The van der Waals surface area contributed by atoms with E-state index in [0.29, 0.717) is 24.2 Å². The number of hydrogen-bond acceptors (Lipinski definition) is 8. The van der Waals surface area contributed by atoms with E-state index in [2.05, 4.69) is 25.1 Å². The van der Waals surface area contributed by atoms with Gasteiger partial charge in [0, 0.05) is 43.6 Å². The van der Waals surface area contributed by atoms with Crippen LogP contribution in [0.4, 0.5) is 5.82 Å². The van der Waals surface area contributed by atoms with E-state index in [1.807, 2.05) is 30.1 Å². The molecule has 0 aromatic carbocycles. The normalized spacial score (nSPS) is 16.9. The number of nitrogens with zero attached hydrogens (tertiary/aromatic N) is 6. The molecule has 8 nitrogen and oxygen atoms in total. The average molecular weight is 338 g/mol. The van der Waals surface area contributed by atoms with E-state index in [4.69, 9.17) is 9.26 Å². The fourth-order valence-corrected chi connectivity index (χ4v) is 2.78. The molecule has 8 heteroatoms. The summed E-state index contributed by atoms with van der Waals surface area (Å²) in [5, 5.41) is 4.02. The Balaban J connectivity index is 1.48. The number of pyridine rings is 1. The van der Waals surface area contributed by atoms with Gasteiger partial charge in [0.15, 0.2) is 0 Å². The van der Waals surface area contributed by atoms with Crippen molar-refractivity contribution in [2.45, 2.75) is 18.9 Å². The van der Waals surface area contributed by atoms with Crippen LogP contribution in [0, 0.1) is 0 Å². The predicted octanol–water partition coefficient (Wildman–Crippen LogP) is 2.06. The topological polar surface area (TPSA) is 90.1 Å². The minimum absolute atomic E-state index is 0.344. The van der Waals surface area contributed by atoms with Gasteiger partial charge in [0.05, 0.1) is 18.8 Å². The van der Waals surface area contributed by atoms with Gasteiger partial charge < -0.3 is 14.2 Å². The summed E-state index contributed by atoms with van der Waals surface area (Å²) in [5.41, 5.74) is 1.88. The van der Waals surface area contributed by atoms with Crippen molar-refractivity contribution in [1.82, 2.24) is 25.1 Å². The molecule has 0 amide bonds. The fraction of sp³-hybridized carbons (Fsp3) is 0.353. The summed E-state index contributed by atoms with van der Waals surface area (Å²) in [6.07, 6.45) is 5.99. The molecule has 25 heavy (non-hydrogen) atoms. The van der Waals surface area contributed by atoms with Gasteiger partial charge in [-0.05, 0) is 18.6 Å².